The van der Waals surface area contributed by atoms with E-state index in [9.17, 15) is 4.79 Å². The van der Waals surface area contributed by atoms with Gasteiger partial charge in [0.05, 0.1) is 19.6 Å². The van der Waals surface area contributed by atoms with Crippen LogP contribution in [0.3, 0.4) is 0 Å². The summed E-state index contributed by atoms with van der Waals surface area (Å²) in [6.07, 6.45) is 0.356. The van der Waals surface area contributed by atoms with E-state index >= 15 is 0 Å². The molecule has 0 heterocycles. The third-order valence-electron chi connectivity index (χ3n) is 3.18. The highest BCUT2D eigenvalue weighted by molar-refractivity contribution is 5.79. The Hall–Kier alpha value is -2.29. The molecule has 0 spiro atoms. The maximum Gasteiger partial charge on any atom is 0.224 e. The van der Waals surface area contributed by atoms with E-state index in [-0.39, 0.29) is 11.9 Å². The van der Waals surface area contributed by atoms with E-state index in [0.29, 0.717) is 6.42 Å². The van der Waals surface area contributed by atoms with Crippen LogP contribution in [0.2, 0.25) is 0 Å². The summed E-state index contributed by atoms with van der Waals surface area (Å²) in [7, 11) is 1.62. The van der Waals surface area contributed by atoms with Crippen LogP contribution >= 0.6 is 0 Å². The highest BCUT2D eigenvalue weighted by atomic mass is 16.5. The smallest absolute Gasteiger partial charge is 0.224 e. The summed E-state index contributed by atoms with van der Waals surface area (Å²) in [5.41, 5.74) is 2.05. The number of hydrogen-bond donors (Lipinski definition) is 1. The number of hydrogen-bond acceptors (Lipinski definition) is 2. The molecule has 20 heavy (non-hydrogen) atoms. The second-order valence-corrected chi connectivity index (χ2v) is 4.73. The number of amides is 1. The SMILES string of the molecule is COc1cccc(CC(=O)NC(C)c2ccccc2)c1. The van der Waals surface area contributed by atoms with Gasteiger partial charge in [0.25, 0.3) is 0 Å². The molecule has 1 N–H and O–H groups in total. The zero-order valence-corrected chi connectivity index (χ0v) is 11.8. The maximum atomic E-state index is 12.0. The van der Waals surface area contributed by atoms with E-state index in [1.807, 2.05) is 61.5 Å². The lowest BCUT2D eigenvalue weighted by molar-refractivity contribution is -0.121. The lowest BCUT2D eigenvalue weighted by Gasteiger charge is -2.14. The Morgan fingerprint density at radius 2 is 1.90 bits per heavy atom. The monoisotopic (exact) mass is 269 g/mol. The number of benzene rings is 2. The van der Waals surface area contributed by atoms with Gasteiger partial charge in [0.2, 0.25) is 5.91 Å². The Labute approximate surface area is 119 Å². The van der Waals surface area contributed by atoms with Gasteiger partial charge in [-0.25, -0.2) is 0 Å². The average Bonchev–Trinajstić information content (AvgIpc) is 2.48. The van der Waals surface area contributed by atoms with Crippen LogP contribution in [-0.4, -0.2) is 13.0 Å². The predicted molar refractivity (Wildman–Crippen MR) is 79.7 cm³/mol. The molecule has 0 aliphatic rings. The van der Waals surface area contributed by atoms with Crippen molar-refractivity contribution in [1.29, 1.82) is 0 Å². The van der Waals surface area contributed by atoms with Gasteiger partial charge in [-0.2, -0.15) is 0 Å². The lowest BCUT2D eigenvalue weighted by Crippen LogP contribution is -2.28. The van der Waals surface area contributed by atoms with Gasteiger partial charge < -0.3 is 10.1 Å². The highest BCUT2D eigenvalue weighted by Gasteiger charge is 2.10. The zero-order chi connectivity index (χ0) is 14.4. The molecule has 1 amide bonds. The van der Waals surface area contributed by atoms with Crippen LogP contribution < -0.4 is 10.1 Å². The summed E-state index contributed by atoms with van der Waals surface area (Å²) in [5.74, 6) is 0.779. The predicted octanol–water partition coefficient (Wildman–Crippen LogP) is 3.12. The molecule has 0 bridgehead atoms. The summed E-state index contributed by atoms with van der Waals surface area (Å²) < 4.78 is 5.16. The van der Waals surface area contributed by atoms with Crippen LogP contribution in [0.5, 0.6) is 5.75 Å². The summed E-state index contributed by atoms with van der Waals surface area (Å²) in [5, 5.41) is 3.00. The number of ether oxygens (including phenoxy) is 1. The van der Waals surface area contributed by atoms with Crippen molar-refractivity contribution < 1.29 is 9.53 Å². The first kappa shape index (κ1) is 14.1. The molecule has 2 aromatic rings. The first-order valence-corrected chi connectivity index (χ1v) is 6.66. The minimum Gasteiger partial charge on any atom is -0.497 e. The van der Waals surface area contributed by atoms with Gasteiger partial charge in [0.15, 0.2) is 0 Å². The van der Waals surface area contributed by atoms with Crippen molar-refractivity contribution >= 4 is 5.91 Å². The van der Waals surface area contributed by atoms with Crippen molar-refractivity contribution in [2.45, 2.75) is 19.4 Å². The molecule has 104 valence electrons. The van der Waals surface area contributed by atoms with Crippen LogP contribution in [0.25, 0.3) is 0 Å². The van der Waals surface area contributed by atoms with Gasteiger partial charge >= 0.3 is 0 Å². The first-order chi connectivity index (χ1) is 9.69. The van der Waals surface area contributed by atoms with Gasteiger partial charge in [0.1, 0.15) is 5.75 Å². The second-order valence-electron chi connectivity index (χ2n) is 4.73. The normalized spacial score (nSPS) is 11.7. The fraction of sp³-hybridized carbons (Fsp3) is 0.235. The molecule has 2 aromatic carbocycles. The molecular formula is C17H19NO2. The van der Waals surface area contributed by atoms with Crippen molar-refractivity contribution in [3.63, 3.8) is 0 Å². The third kappa shape index (κ3) is 3.85. The number of carbonyl (C=O) groups excluding carboxylic acids is 1. The van der Waals surface area contributed by atoms with Gasteiger partial charge in [-0.3, -0.25) is 4.79 Å². The molecule has 3 nitrogen and oxygen atoms in total. The molecule has 0 aliphatic carbocycles. The Morgan fingerprint density at radius 3 is 2.60 bits per heavy atom. The summed E-state index contributed by atoms with van der Waals surface area (Å²) in [6, 6.07) is 17.5. The van der Waals surface area contributed by atoms with Crippen molar-refractivity contribution in [2.24, 2.45) is 0 Å². The van der Waals surface area contributed by atoms with E-state index in [1.54, 1.807) is 7.11 Å². The van der Waals surface area contributed by atoms with Crippen LogP contribution in [0.15, 0.2) is 54.6 Å². The molecule has 3 heteroatoms. The average molecular weight is 269 g/mol. The second kappa shape index (κ2) is 6.75. The lowest BCUT2D eigenvalue weighted by atomic mass is 10.1. The zero-order valence-electron chi connectivity index (χ0n) is 11.8. The summed E-state index contributed by atoms with van der Waals surface area (Å²) in [4.78, 5) is 12.0. The molecule has 0 aromatic heterocycles. The van der Waals surface area contributed by atoms with E-state index < -0.39 is 0 Å². The van der Waals surface area contributed by atoms with Crippen molar-refractivity contribution in [3.8, 4) is 5.75 Å². The number of nitrogens with one attached hydrogen (secondary N) is 1. The van der Waals surface area contributed by atoms with Gasteiger partial charge in [0, 0.05) is 0 Å². The van der Waals surface area contributed by atoms with E-state index in [0.717, 1.165) is 16.9 Å². The number of methoxy groups -OCH3 is 1. The quantitative estimate of drug-likeness (QED) is 0.905. The van der Waals surface area contributed by atoms with Gasteiger partial charge in [-0.1, -0.05) is 42.5 Å². The topological polar surface area (TPSA) is 38.3 Å². The van der Waals surface area contributed by atoms with Gasteiger partial charge in [-0.05, 0) is 30.2 Å². The fourth-order valence-corrected chi connectivity index (χ4v) is 2.09. The van der Waals surface area contributed by atoms with E-state index in [1.165, 1.54) is 0 Å². The largest absolute Gasteiger partial charge is 0.497 e. The van der Waals surface area contributed by atoms with E-state index in [4.69, 9.17) is 4.74 Å². The fourth-order valence-electron chi connectivity index (χ4n) is 2.09. The standard InChI is InChI=1S/C17H19NO2/c1-13(15-8-4-3-5-9-15)18-17(19)12-14-7-6-10-16(11-14)20-2/h3-11,13H,12H2,1-2H3,(H,18,19). The third-order valence-corrected chi connectivity index (χ3v) is 3.18. The molecule has 0 fully saturated rings. The Morgan fingerprint density at radius 1 is 1.15 bits per heavy atom. The minimum atomic E-state index is 0.00862. The highest BCUT2D eigenvalue weighted by Crippen LogP contribution is 2.14. The van der Waals surface area contributed by atoms with Crippen molar-refractivity contribution in [1.82, 2.24) is 5.32 Å². The molecule has 1 atom stereocenters. The Kier molecular flexibility index (Phi) is 4.77. The molecule has 0 saturated carbocycles. The molecule has 0 saturated heterocycles. The summed E-state index contributed by atoms with van der Waals surface area (Å²) in [6.45, 7) is 1.98. The van der Waals surface area contributed by atoms with Crippen LogP contribution in [0, 0.1) is 0 Å². The van der Waals surface area contributed by atoms with Crippen LogP contribution in [0.4, 0.5) is 0 Å². The molecular weight excluding hydrogens is 250 g/mol. The maximum absolute atomic E-state index is 12.0. The minimum absolute atomic E-state index is 0.00862. The molecule has 0 aliphatic heterocycles. The first-order valence-electron chi connectivity index (χ1n) is 6.66. The summed E-state index contributed by atoms with van der Waals surface area (Å²) >= 11 is 0. The molecule has 2 rings (SSSR count). The Bertz CT molecular complexity index is 566. The van der Waals surface area contributed by atoms with Gasteiger partial charge in [-0.15, -0.1) is 0 Å². The Balaban J connectivity index is 1.95. The van der Waals surface area contributed by atoms with Crippen LogP contribution in [0.1, 0.15) is 24.1 Å². The number of rotatable bonds is 5. The van der Waals surface area contributed by atoms with Crippen molar-refractivity contribution in [2.75, 3.05) is 7.11 Å². The van der Waals surface area contributed by atoms with E-state index in [2.05, 4.69) is 5.32 Å². The number of carbonyl (C=O) groups is 1. The molecule has 0 radical (unpaired) electrons. The van der Waals surface area contributed by atoms with Crippen LogP contribution in [-0.2, 0) is 11.2 Å². The van der Waals surface area contributed by atoms with Crippen molar-refractivity contribution in [3.05, 3.63) is 65.7 Å². The molecule has 1 unspecified atom stereocenters.